The Kier molecular flexibility index (Phi) is 5.37. The number of carbonyl (C=O) groups excluding carboxylic acids is 1. The Morgan fingerprint density at radius 3 is 2.38 bits per heavy atom. The van der Waals surface area contributed by atoms with Gasteiger partial charge in [-0.05, 0) is 56.9 Å². The molecule has 0 spiro atoms. The van der Waals surface area contributed by atoms with Crippen LogP contribution in [0.2, 0.25) is 0 Å². The summed E-state index contributed by atoms with van der Waals surface area (Å²) in [4.78, 5) is 11.7. The van der Waals surface area contributed by atoms with Gasteiger partial charge in [-0.3, -0.25) is 0 Å². The van der Waals surface area contributed by atoms with Crippen molar-refractivity contribution >= 4 is 37.5 Å². The molecule has 0 saturated carbocycles. The molecule has 0 bridgehead atoms. The number of rotatable bonds is 4. The van der Waals surface area contributed by atoms with E-state index in [1.54, 1.807) is 18.2 Å². The summed E-state index contributed by atoms with van der Waals surface area (Å²) in [6.07, 6.45) is 1.86. The van der Waals surface area contributed by atoms with Crippen LogP contribution in [0.5, 0.6) is 0 Å². The number of nitrogens with two attached hydrogens (primary N) is 1. The highest BCUT2D eigenvalue weighted by atomic mass is 32.1. The monoisotopic (exact) mass is 349 g/mol. The van der Waals surface area contributed by atoms with Crippen molar-refractivity contribution in [3.63, 3.8) is 0 Å². The Hall–Kier alpha value is -1.44. The minimum absolute atomic E-state index is 0.410. The Morgan fingerprint density at radius 1 is 1.29 bits per heavy atom. The lowest BCUT2D eigenvalue weighted by molar-refractivity contribution is 0.00578. The number of anilines is 1. The summed E-state index contributed by atoms with van der Waals surface area (Å²) >= 11 is 4.39. The number of benzene rings is 1. The Labute approximate surface area is 149 Å². The van der Waals surface area contributed by atoms with Gasteiger partial charge in [0.1, 0.15) is 0 Å². The zero-order valence-electron chi connectivity index (χ0n) is 14.8. The fourth-order valence-corrected chi connectivity index (χ4v) is 2.57. The molecular formula is C17H24BNO4S. The van der Waals surface area contributed by atoms with Crippen LogP contribution in [0.1, 0.15) is 43.6 Å². The van der Waals surface area contributed by atoms with Crippen molar-refractivity contribution in [1.29, 1.82) is 0 Å². The highest BCUT2D eigenvalue weighted by molar-refractivity contribution is 7.80. The maximum absolute atomic E-state index is 11.7. The number of hydrogen-bond donors (Lipinski definition) is 2. The zero-order chi connectivity index (χ0) is 18.1. The lowest BCUT2D eigenvalue weighted by Gasteiger charge is -2.32. The molecule has 0 aromatic heterocycles. The fourth-order valence-electron chi connectivity index (χ4n) is 2.33. The lowest BCUT2D eigenvalue weighted by atomic mass is 9.78. The summed E-state index contributed by atoms with van der Waals surface area (Å²) in [6, 6.07) is 5.00. The van der Waals surface area contributed by atoms with E-state index in [0.29, 0.717) is 22.6 Å². The van der Waals surface area contributed by atoms with Crippen LogP contribution in [0.25, 0.3) is 6.08 Å². The van der Waals surface area contributed by atoms with E-state index in [0.717, 1.165) is 5.47 Å². The second-order valence-corrected chi connectivity index (χ2v) is 7.12. The predicted octanol–water partition coefficient (Wildman–Crippen LogP) is 3.00. The first-order chi connectivity index (χ1) is 11.1. The van der Waals surface area contributed by atoms with Crippen molar-refractivity contribution in [2.75, 3.05) is 18.6 Å². The van der Waals surface area contributed by atoms with Crippen molar-refractivity contribution in [1.82, 2.24) is 0 Å². The molecule has 1 heterocycles. The van der Waals surface area contributed by atoms with Crippen molar-refractivity contribution in [2.45, 2.75) is 38.9 Å². The largest absolute Gasteiger partial charge is 0.491 e. The molecule has 5 nitrogen and oxygen atoms in total. The number of ether oxygens (including phenoxy) is 1. The molecule has 1 aliphatic heterocycles. The molecular weight excluding hydrogens is 325 g/mol. The molecule has 2 N–H and O–H groups in total. The summed E-state index contributed by atoms with van der Waals surface area (Å²) in [7, 11) is 0.839. The molecule has 0 radical (unpaired) electrons. The third-order valence-electron chi connectivity index (χ3n) is 4.59. The van der Waals surface area contributed by atoms with Gasteiger partial charge in [0.05, 0.1) is 23.9 Å². The molecule has 1 aliphatic rings. The molecule has 0 unspecified atom stereocenters. The second kappa shape index (κ2) is 6.82. The highest BCUT2D eigenvalue weighted by Gasteiger charge is 2.52. The van der Waals surface area contributed by atoms with E-state index in [9.17, 15) is 4.79 Å². The molecule has 1 aromatic carbocycles. The normalized spacial score (nSPS) is 19.4. The number of carbonyl (C=O) groups is 1. The van der Waals surface area contributed by atoms with Crippen LogP contribution in [0.3, 0.4) is 0 Å². The van der Waals surface area contributed by atoms with Crippen LogP contribution >= 0.6 is 12.6 Å². The van der Waals surface area contributed by atoms with Gasteiger partial charge in [0, 0.05) is 11.4 Å². The first kappa shape index (κ1) is 18.9. The fraction of sp³-hybridized carbons (Fsp3) is 0.471. The lowest BCUT2D eigenvalue weighted by Crippen LogP contribution is -2.41. The predicted molar refractivity (Wildman–Crippen MR) is 100 cm³/mol. The maximum Gasteiger partial charge on any atom is 0.491 e. The quantitative estimate of drug-likeness (QED) is 0.378. The van der Waals surface area contributed by atoms with Gasteiger partial charge < -0.3 is 19.8 Å². The van der Waals surface area contributed by atoms with Gasteiger partial charge in [-0.15, -0.1) is 0 Å². The van der Waals surface area contributed by atoms with Crippen LogP contribution in [0.4, 0.5) is 5.69 Å². The summed E-state index contributed by atoms with van der Waals surface area (Å²) in [5.41, 5.74) is 7.71. The first-order valence-corrected chi connectivity index (χ1v) is 8.39. The molecule has 1 aromatic rings. The summed E-state index contributed by atoms with van der Waals surface area (Å²) in [6.45, 7) is 7.98. The first-order valence-electron chi connectivity index (χ1n) is 7.76. The summed E-state index contributed by atoms with van der Waals surface area (Å²) < 4.78 is 16.9. The molecule has 24 heavy (non-hydrogen) atoms. The number of nitrogen functional groups attached to an aromatic ring is 1. The average molecular weight is 349 g/mol. The molecule has 1 fully saturated rings. The number of thiol groups is 1. The molecule has 2 rings (SSSR count). The maximum atomic E-state index is 11.7. The highest BCUT2D eigenvalue weighted by Crippen LogP contribution is 2.39. The van der Waals surface area contributed by atoms with E-state index in [-0.39, 0.29) is 0 Å². The average Bonchev–Trinajstić information content (AvgIpc) is 2.73. The van der Waals surface area contributed by atoms with Crippen molar-refractivity contribution < 1.29 is 18.8 Å². The van der Waals surface area contributed by atoms with Gasteiger partial charge in [-0.1, -0.05) is 6.08 Å². The van der Waals surface area contributed by atoms with E-state index < -0.39 is 24.3 Å². The topological polar surface area (TPSA) is 70.8 Å². The minimum atomic E-state index is -0.506. The molecule has 0 atom stereocenters. The van der Waals surface area contributed by atoms with E-state index in [1.165, 1.54) is 7.11 Å². The van der Waals surface area contributed by atoms with Gasteiger partial charge in [0.25, 0.3) is 0 Å². The third-order valence-corrected chi connectivity index (χ3v) is 4.95. The Morgan fingerprint density at radius 2 is 1.88 bits per heavy atom. The smallest absolute Gasteiger partial charge is 0.465 e. The van der Waals surface area contributed by atoms with Gasteiger partial charge in [-0.2, -0.15) is 12.6 Å². The van der Waals surface area contributed by atoms with Crippen molar-refractivity contribution in [3.8, 4) is 0 Å². The number of hydrogen-bond acceptors (Lipinski definition) is 6. The van der Waals surface area contributed by atoms with E-state index >= 15 is 0 Å². The molecule has 0 amide bonds. The summed E-state index contributed by atoms with van der Waals surface area (Å²) in [5, 5.41) is 0. The van der Waals surface area contributed by atoms with Gasteiger partial charge >= 0.3 is 13.1 Å². The number of esters is 1. The van der Waals surface area contributed by atoms with Crippen LogP contribution in [-0.2, 0) is 14.0 Å². The van der Waals surface area contributed by atoms with Crippen LogP contribution in [0, 0.1) is 0 Å². The SMILES string of the molecule is COC(=O)c1ccc(N)c(C=C(CS)B2OC(C)(C)C(C)(C)O2)c1. The van der Waals surface area contributed by atoms with E-state index in [2.05, 4.69) is 12.6 Å². The Balaban J connectivity index is 2.37. The van der Waals surface area contributed by atoms with E-state index in [4.69, 9.17) is 19.8 Å². The van der Waals surface area contributed by atoms with Crippen LogP contribution in [0.15, 0.2) is 23.7 Å². The minimum Gasteiger partial charge on any atom is -0.465 e. The summed E-state index contributed by atoms with van der Waals surface area (Å²) in [5.74, 6) is 0.0336. The van der Waals surface area contributed by atoms with Gasteiger partial charge in [0.2, 0.25) is 0 Å². The van der Waals surface area contributed by atoms with Crippen LogP contribution < -0.4 is 5.73 Å². The third kappa shape index (κ3) is 3.63. The van der Waals surface area contributed by atoms with Gasteiger partial charge in [-0.25, -0.2) is 4.79 Å². The van der Waals surface area contributed by atoms with Gasteiger partial charge in [0.15, 0.2) is 0 Å². The van der Waals surface area contributed by atoms with Crippen molar-refractivity contribution in [2.24, 2.45) is 0 Å². The molecule has 0 aliphatic carbocycles. The second-order valence-electron chi connectivity index (χ2n) is 6.80. The molecule has 7 heteroatoms. The Bertz CT molecular complexity index is 657. The molecule has 1 saturated heterocycles. The standard InChI is InChI=1S/C17H24BNO4S/c1-16(2)17(3,4)23-18(22-16)13(10-24)9-12-8-11(15(20)21-5)6-7-14(12)19/h6-9,24H,10,19H2,1-5H3. The van der Waals surface area contributed by atoms with Crippen molar-refractivity contribution in [3.05, 3.63) is 34.8 Å². The number of methoxy groups -OCH3 is 1. The van der Waals surface area contributed by atoms with Crippen LogP contribution in [-0.4, -0.2) is 37.2 Å². The molecule has 130 valence electrons. The zero-order valence-corrected chi connectivity index (χ0v) is 15.6. The van der Waals surface area contributed by atoms with E-state index in [1.807, 2.05) is 33.8 Å².